The first-order valence-corrected chi connectivity index (χ1v) is 8.32. The first kappa shape index (κ1) is 15.7. The Balaban J connectivity index is 2.10. The minimum absolute atomic E-state index is 0.163. The van der Waals surface area contributed by atoms with Crippen molar-refractivity contribution in [2.24, 2.45) is 0 Å². The summed E-state index contributed by atoms with van der Waals surface area (Å²) >= 11 is 0. The molecule has 0 spiro atoms. The number of halogens is 1. The van der Waals surface area contributed by atoms with Crippen LogP contribution in [-0.4, -0.2) is 8.42 Å². The van der Waals surface area contributed by atoms with Crippen LogP contribution in [0.2, 0.25) is 0 Å². The van der Waals surface area contributed by atoms with Crippen molar-refractivity contribution in [2.75, 3.05) is 0 Å². The molecule has 0 fully saturated rings. The molecule has 2 aromatic rings. The zero-order valence-corrected chi connectivity index (χ0v) is 12.8. The van der Waals surface area contributed by atoms with Gasteiger partial charge in [0, 0.05) is 6.04 Å². The predicted octanol–water partition coefficient (Wildman–Crippen LogP) is 3.31. The van der Waals surface area contributed by atoms with Gasteiger partial charge in [-0.25, -0.2) is 17.5 Å². The number of rotatable bonds is 5. The van der Waals surface area contributed by atoms with E-state index in [0.29, 0.717) is 5.56 Å². The molecule has 0 aliphatic heterocycles. The Bertz CT molecular complexity index is 711. The highest BCUT2D eigenvalue weighted by molar-refractivity contribution is 7.88. The van der Waals surface area contributed by atoms with Crippen LogP contribution in [0.4, 0.5) is 4.39 Å². The Morgan fingerprint density at radius 1 is 1.10 bits per heavy atom. The van der Waals surface area contributed by atoms with E-state index in [2.05, 4.69) is 4.72 Å². The molecule has 0 bridgehead atoms. The quantitative estimate of drug-likeness (QED) is 0.921. The lowest BCUT2D eigenvalue weighted by atomic mass is 10.0. The van der Waals surface area contributed by atoms with Crippen LogP contribution in [0.15, 0.2) is 48.5 Å². The summed E-state index contributed by atoms with van der Waals surface area (Å²) in [5, 5.41) is 0. The van der Waals surface area contributed by atoms with Crippen molar-refractivity contribution in [1.82, 2.24) is 4.72 Å². The summed E-state index contributed by atoms with van der Waals surface area (Å²) in [6.07, 6.45) is 0. The van der Waals surface area contributed by atoms with Crippen molar-refractivity contribution < 1.29 is 12.8 Å². The predicted molar refractivity (Wildman–Crippen MR) is 81.8 cm³/mol. The van der Waals surface area contributed by atoms with E-state index in [4.69, 9.17) is 0 Å². The van der Waals surface area contributed by atoms with E-state index >= 15 is 0 Å². The number of sulfonamides is 1. The van der Waals surface area contributed by atoms with Gasteiger partial charge in [-0.3, -0.25) is 0 Å². The van der Waals surface area contributed by atoms with Gasteiger partial charge in [0.25, 0.3) is 0 Å². The lowest BCUT2D eigenvalue weighted by molar-refractivity contribution is 0.565. The van der Waals surface area contributed by atoms with Crippen LogP contribution in [0.5, 0.6) is 0 Å². The molecule has 21 heavy (non-hydrogen) atoms. The van der Waals surface area contributed by atoms with E-state index in [1.165, 1.54) is 24.3 Å². The molecular weight excluding hydrogens is 289 g/mol. The van der Waals surface area contributed by atoms with Gasteiger partial charge in [-0.2, -0.15) is 0 Å². The maximum atomic E-state index is 12.8. The summed E-state index contributed by atoms with van der Waals surface area (Å²) in [4.78, 5) is 0. The lowest BCUT2D eigenvalue weighted by Crippen LogP contribution is -2.28. The molecule has 2 rings (SSSR count). The number of aryl methyl sites for hydroxylation is 1. The monoisotopic (exact) mass is 307 g/mol. The molecule has 2 aromatic carbocycles. The SMILES string of the molecule is Cc1ccccc1C(C)NS(=O)(=O)Cc1ccc(F)cc1. The molecule has 0 aliphatic carbocycles. The fourth-order valence-electron chi connectivity index (χ4n) is 2.25. The highest BCUT2D eigenvalue weighted by Crippen LogP contribution is 2.18. The third kappa shape index (κ3) is 4.37. The van der Waals surface area contributed by atoms with Gasteiger partial charge in [0.15, 0.2) is 0 Å². The second-order valence-corrected chi connectivity index (χ2v) is 6.84. The summed E-state index contributed by atoms with van der Waals surface area (Å²) in [7, 11) is -3.48. The highest BCUT2D eigenvalue weighted by atomic mass is 32.2. The minimum Gasteiger partial charge on any atom is -0.212 e. The van der Waals surface area contributed by atoms with Gasteiger partial charge in [-0.15, -0.1) is 0 Å². The Kier molecular flexibility index (Phi) is 4.75. The number of nitrogens with one attached hydrogen (secondary N) is 1. The van der Waals surface area contributed by atoms with E-state index in [-0.39, 0.29) is 17.6 Å². The Morgan fingerprint density at radius 2 is 1.71 bits per heavy atom. The van der Waals surface area contributed by atoms with Crippen LogP contribution in [0.25, 0.3) is 0 Å². The third-order valence-electron chi connectivity index (χ3n) is 3.28. The molecule has 1 unspecified atom stereocenters. The molecular formula is C16H18FNO2S. The van der Waals surface area contributed by atoms with Crippen LogP contribution in [-0.2, 0) is 15.8 Å². The topological polar surface area (TPSA) is 46.2 Å². The molecule has 0 radical (unpaired) electrons. The maximum absolute atomic E-state index is 12.8. The Labute approximate surface area is 124 Å². The summed E-state index contributed by atoms with van der Waals surface area (Å²) in [6, 6.07) is 12.8. The summed E-state index contributed by atoms with van der Waals surface area (Å²) in [6.45, 7) is 3.75. The van der Waals surface area contributed by atoms with Gasteiger partial charge in [-0.1, -0.05) is 36.4 Å². The highest BCUT2D eigenvalue weighted by Gasteiger charge is 2.17. The molecule has 3 nitrogen and oxygen atoms in total. The van der Waals surface area contributed by atoms with Crippen molar-refractivity contribution in [1.29, 1.82) is 0 Å². The van der Waals surface area contributed by atoms with E-state index in [9.17, 15) is 12.8 Å². The summed E-state index contributed by atoms with van der Waals surface area (Å²) in [5.74, 6) is -0.541. The molecule has 1 N–H and O–H groups in total. The molecule has 5 heteroatoms. The molecule has 0 saturated carbocycles. The van der Waals surface area contributed by atoms with E-state index < -0.39 is 10.0 Å². The largest absolute Gasteiger partial charge is 0.216 e. The molecule has 112 valence electrons. The number of hydrogen-bond acceptors (Lipinski definition) is 2. The van der Waals surface area contributed by atoms with Gasteiger partial charge in [0.1, 0.15) is 5.82 Å². The zero-order valence-electron chi connectivity index (χ0n) is 12.0. The van der Waals surface area contributed by atoms with Gasteiger partial charge < -0.3 is 0 Å². The molecule has 0 amide bonds. The minimum atomic E-state index is -3.48. The Hall–Kier alpha value is -1.72. The second kappa shape index (κ2) is 6.37. The van der Waals surface area contributed by atoms with Crippen LogP contribution in [0.1, 0.15) is 29.7 Å². The van der Waals surface area contributed by atoms with Crippen LogP contribution >= 0.6 is 0 Å². The lowest BCUT2D eigenvalue weighted by Gasteiger charge is -2.16. The fourth-order valence-corrected chi connectivity index (χ4v) is 3.63. The van der Waals surface area contributed by atoms with Crippen molar-refractivity contribution in [2.45, 2.75) is 25.6 Å². The first-order chi connectivity index (χ1) is 9.87. The molecule has 0 saturated heterocycles. The van der Waals surface area contributed by atoms with Crippen molar-refractivity contribution in [3.05, 3.63) is 71.0 Å². The normalized spacial score (nSPS) is 13.1. The van der Waals surface area contributed by atoms with E-state index in [1.54, 1.807) is 0 Å². The van der Waals surface area contributed by atoms with Gasteiger partial charge in [0.05, 0.1) is 5.75 Å². The second-order valence-electron chi connectivity index (χ2n) is 5.08. The first-order valence-electron chi connectivity index (χ1n) is 6.67. The van der Waals surface area contributed by atoms with Crippen LogP contribution in [0, 0.1) is 12.7 Å². The van der Waals surface area contributed by atoms with Crippen LogP contribution in [0.3, 0.4) is 0 Å². The van der Waals surface area contributed by atoms with E-state index in [1.807, 2.05) is 38.1 Å². The summed E-state index contributed by atoms with van der Waals surface area (Å²) < 4.78 is 39.8. The third-order valence-corrected chi connectivity index (χ3v) is 4.71. The summed E-state index contributed by atoms with van der Waals surface area (Å²) in [5.41, 5.74) is 2.54. The molecule has 0 aliphatic rings. The van der Waals surface area contributed by atoms with Gasteiger partial charge in [-0.05, 0) is 42.7 Å². The standard InChI is InChI=1S/C16H18FNO2S/c1-12-5-3-4-6-16(12)13(2)18-21(19,20)11-14-7-9-15(17)10-8-14/h3-10,13,18H,11H2,1-2H3. The number of benzene rings is 2. The van der Waals surface area contributed by atoms with Crippen molar-refractivity contribution in [3.63, 3.8) is 0 Å². The smallest absolute Gasteiger partial charge is 0.212 e. The fraction of sp³-hybridized carbons (Fsp3) is 0.250. The maximum Gasteiger partial charge on any atom is 0.216 e. The molecule has 1 atom stereocenters. The molecule has 0 aromatic heterocycles. The van der Waals surface area contributed by atoms with E-state index in [0.717, 1.165) is 11.1 Å². The van der Waals surface area contributed by atoms with Gasteiger partial charge in [0.2, 0.25) is 10.0 Å². The average molecular weight is 307 g/mol. The van der Waals surface area contributed by atoms with Crippen molar-refractivity contribution in [3.8, 4) is 0 Å². The van der Waals surface area contributed by atoms with Crippen molar-refractivity contribution >= 4 is 10.0 Å². The van der Waals surface area contributed by atoms with Crippen LogP contribution < -0.4 is 4.72 Å². The zero-order chi connectivity index (χ0) is 15.5. The average Bonchev–Trinajstić information content (AvgIpc) is 2.41. The molecule has 0 heterocycles. The van der Waals surface area contributed by atoms with Gasteiger partial charge >= 0.3 is 0 Å². The Morgan fingerprint density at radius 3 is 2.33 bits per heavy atom. The number of hydrogen-bond donors (Lipinski definition) is 1.